The van der Waals surface area contributed by atoms with E-state index in [2.05, 4.69) is 12.5 Å². The summed E-state index contributed by atoms with van der Waals surface area (Å²) >= 11 is 0. The third-order valence-electron chi connectivity index (χ3n) is 2.55. The molecule has 0 unspecified atom stereocenters. The number of benzene rings is 2. The molecule has 2 heteroatoms. The van der Waals surface area contributed by atoms with Crippen LogP contribution in [-0.4, -0.2) is 18.3 Å². The Morgan fingerprint density at radius 1 is 1.06 bits per heavy atom. The Bertz CT molecular complexity index is 565. The molecule has 0 aromatic heterocycles. The molecule has 2 aromatic rings. The molecule has 0 fully saturated rings. The minimum Gasteiger partial charge on any atom is -0.289 e. The molecule has 0 aliphatic rings. The van der Waals surface area contributed by atoms with Gasteiger partial charge in [0.25, 0.3) is 0 Å². The van der Waals surface area contributed by atoms with Gasteiger partial charge < -0.3 is 0 Å². The second kappa shape index (κ2) is 5.19. The molecule has 86 valence electrons. The van der Waals surface area contributed by atoms with Gasteiger partial charge in [0.1, 0.15) is 17.9 Å². The van der Waals surface area contributed by atoms with Crippen molar-refractivity contribution < 1.29 is 4.79 Å². The van der Waals surface area contributed by atoms with Gasteiger partial charge in [-0.3, -0.25) is 4.79 Å². The highest BCUT2D eigenvalue weighted by atomic mass is 32.2. The van der Waals surface area contributed by atoms with E-state index in [1.165, 1.54) is 0 Å². The van der Waals surface area contributed by atoms with Crippen LogP contribution in [0.5, 0.6) is 0 Å². The van der Waals surface area contributed by atoms with Crippen molar-refractivity contribution in [2.45, 2.75) is 0 Å². The lowest BCUT2D eigenvalue weighted by Crippen LogP contribution is -1.97. The summed E-state index contributed by atoms with van der Waals surface area (Å²) < 4.78 is 0. The number of rotatable bonds is 3. The average Bonchev–Trinajstić information content (AvgIpc) is 2.35. The van der Waals surface area contributed by atoms with Gasteiger partial charge in [-0.2, -0.15) is 0 Å². The first kappa shape index (κ1) is 11.9. The largest absolute Gasteiger partial charge is 0.289 e. The third kappa shape index (κ3) is 2.77. The molecule has 0 atom stereocenters. The highest BCUT2D eigenvalue weighted by Crippen LogP contribution is 2.19. The van der Waals surface area contributed by atoms with Gasteiger partial charge in [0.05, 0.1) is 0 Å². The molecular weight excluding hydrogens is 228 g/mol. The molecule has 0 heterocycles. The Kier molecular flexibility index (Phi) is 3.64. The van der Waals surface area contributed by atoms with Gasteiger partial charge in [0, 0.05) is 22.5 Å². The smallest absolute Gasteiger partial charge is 0.190 e. The van der Waals surface area contributed by atoms with Crippen LogP contribution >= 0.6 is 0 Å². The van der Waals surface area contributed by atoms with Gasteiger partial charge in [-0.15, -0.1) is 0 Å². The molecule has 1 nitrogen and oxygen atoms in total. The van der Waals surface area contributed by atoms with Crippen molar-refractivity contribution in [3.63, 3.8) is 0 Å². The second-order valence-corrected chi connectivity index (χ2v) is 6.10. The average molecular weight is 243 g/mol. The fourth-order valence-corrected chi connectivity index (χ4v) is 2.12. The van der Waals surface area contributed by atoms with Crippen LogP contribution in [0.2, 0.25) is 0 Å². The zero-order chi connectivity index (χ0) is 12.3. The van der Waals surface area contributed by atoms with Crippen LogP contribution in [0.1, 0.15) is 10.4 Å². The van der Waals surface area contributed by atoms with Crippen molar-refractivity contribution in [1.82, 2.24) is 0 Å². The van der Waals surface area contributed by atoms with Crippen LogP contribution in [-0.2, 0) is 10.9 Å². The summed E-state index contributed by atoms with van der Waals surface area (Å²) in [5.41, 5.74) is 0.782. The van der Waals surface area contributed by atoms with E-state index in [-0.39, 0.29) is 16.7 Å². The zero-order valence-corrected chi connectivity index (χ0v) is 10.8. The van der Waals surface area contributed by atoms with Gasteiger partial charge in [0.2, 0.25) is 0 Å². The quantitative estimate of drug-likeness (QED) is 0.458. The summed E-state index contributed by atoms with van der Waals surface area (Å²) in [6.45, 7) is 0. The van der Waals surface area contributed by atoms with Gasteiger partial charge >= 0.3 is 0 Å². The maximum atomic E-state index is 12.1. The summed E-state index contributed by atoms with van der Waals surface area (Å²) in [5.74, 6) is 0.0861. The first-order valence-electron chi connectivity index (χ1n) is 5.45. The maximum Gasteiger partial charge on any atom is 0.190 e. The Labute approximate surface area is 105 Å². The molecule has 0 saturated carbocycles. The fourth-order valence-electron chi connectivity index (χ4n) is 1.73. The van der Waals surface area contributed by atoms with Crippen molar-refractivity contribution in [3.8, 4) is 0 Å². The molecule has 0 amide bonds. The molecule has 2 aromatic carbocycles. The summed E-state index contributed by atoms with van der Waals surface area (Å²) in [6.07, 6.45) is 5.87. The van der Waals surface area contributed by atoms with Crippen molar-refractivity contribution in [3.05, 3.63) is 59.5 Å². The van der Waals surface area contributed by atoms with Crippen LogP contribution in [0.25, 0.3) is 10.8 Å². The van der Waals surface area contributed by atoms with Crippen LogP contribution < -0.4 is 0 Å². The number of carbonyl (C=O) groups excluding carboxylic acids is 1. The molecule has 17 heavy (non-hydrogen) atoms. The molecule has 0 aliphatic carbocycles. The highest BCUT2D eigenvalue weighted by molar-refractivity contribution is 7.98. The van der Waals surface area contributed by atoms with E-state index in [9.17, 15) is 4.79 Å². The Balaban J connectivity index is 2.45. The molecule has 0 radical (unpaired) electrons. The SMILES string of the molecule is C[S+](C)C=CC(=O)c1cccc2ccccc12. The predicted octanol–water partition coefficient (Wildman–Crippen LogP) is 3.41. The van der Waals surface area contributed by atoms with Crippen LogP contribution in [0.15, 0.2) is 53.9 Å². The van der Waals surface area contributed by atoms with Crippen LogP contribution in [0.3, 0.4) is 0 Å². The molecular formula is C15H15OS+. The summed E-state index contributed by atoms with van der Waals surface area (Å²) in [6, 6.07) is 13.8. The summed E-state index contributed by atoms with van der Waals surface area (Å²) in [5, 5.41) is 4.10. The number of allylic oxidation sites excluding steroid dienone is 1. The predicted molar refractivity (Wildman–Crippen MR) is 76.6 cm³/mol. The van der Waals surface area contributed by atoms with Crippen molar-refractivity contribution in [2.24, 2.45) is 0 Å². The maximum absolute atomic E-state index is 12.1. The van der Waals surface area contributed by atoms with Gasteiger partial charge in [-0.05, 0) is 10.8 Å². The standard InChI is InChI=1S/C15H15OS/c1-17(2)11-10-15(16)14-9-5-7-12-6-3-4-8-13(12)14/h3-11H,1-2H3/q+1. The minimum atomic E-state index is 0.0861. The minimum absolute atomic E-state index is 0.0861. The van der Waals surface area contributed by atoms with E-state index < -0.39 is 0 Å². The van der Waals surface area contributed by atoms with Gasteiger partial charge in [0.15, 0.2) is 5.78 Å². The third-order valence-corrected chi connectivity index (χ3v) is 3.23. The van der Waals surface area contributed by atoms with Crippen molar-refractivity contribution in [1.29, 1.82) is 0 Å². The van der Waals surface area contributed by atoms with E-state index >= 15 is 0 Å². The number of carbonyl (C=O) groups is 1. The molecule has 0 saturated heterocycles. The molecule has 0 aliphatic heterocycles. The van der Waals surface area contributed by atoms with Crippen LogP contribution in [0.4, 0.5) is 0 Å². The number of hydrogen-bond donors (Lipinski definition) is 0. The zero-order valence-electron chi connectivity index (χ0n) is 10.0. The second-order valence-electron chi connectivity index (χ2n) is 4.07. The topological polar surface area (TPSA) is 17.1 Å². The fraction of sp³-hybridized carbons (Fsp3) is 0.133. The van der Waals surface area contributed by atoms with Gasteiger partial charge in [-0.1, -0.05) is 42.5 Å². The molecule has 0 spiro atoms. The van der Waals surface area contributed by atoms with E-state index in [4.69, 9.17) is 0 Å². The monoisotopic (exact) mass is 243 g/mol. The molecule has 2 rings (SSSR count). The number of hydrogen-bond acceptors (Lipinski definition) is 1. The lowest BCUT2D eigenvalue weighted by Gasteiger charge is -2.02. The Hall–Kier alpha value is -1.54. The Morgan fingerprint density at radius 2 is 1.76 bits per heavy atom. The van der Waals surface area contributed by atoms with Gasteiger partial charge in [-0.25, -0.2) is 0 Å². The molecule has 0 N–H and O–H groups in total. The molecule has 0 bridgehead atoms. The van der Waals surface area contributed by atoms with Crippen LogP contribution in [0, 0.1) is 0 Å². The van der Waals surface area contributed by atoms with E-state index in [0.29, 0.717) is 0 Å². The van der Waals surface area contributed by atoms with Crippen molar-refractivity contribution in [2.75, 3.05) is 12.5 Å². The first-order chi connectivity index (χ1) is 8.18. The Morgan fingerprint density at radius 3 is 2.53 bits per heavy atom. The first-order valence-corrected chi connectivity index (χ1v) is 7.55. The van der Waals surface area contributed by atoms with E-state index in [0.717, 1.165) is 16.3 Å². The lowest BCUT2D eigenvalue weighted by atomic mass is 10.0. The van der Waals surface area contributed by atoms with Crippen molar-refractivity contribution >= 4 is 27.5 Å². The summed E-state index contributed by atoms with van der Waals surface area (Å²) in [4.78, 5) is 12.1. The lowest BCUT2D eigenvalue weighted by molar-refractivity contribution is 0.104. The van der Waals surface area contributed by atoms with E-state index in [1.54, 1.807) is 6.08 Å². The highest BCUT2D eigenvalue weighted by Gasteiger charge is 2.07. The number of fused-ring (bicyclic) bond motifs is 1. The summed E-state index contributed by atoms with van der Waals surface area (Å²) in [7, 11) is 0.155. The normalized spacial score (nSPS) is 11.5. The number of ketones is 1. The van der Waals surface area contributed by atoms with E-state index in [1.807, 2.05) is 47.9 Å².